The van der Waals surface area contributed by atoms with E-state index in [2.05, 4.69) is 5.32 Å². The second-order valence-corrected chi connectivity index (χ2v) is 10.6. The summed E-state index contributed by atoms with van der Waals surface area (Å²) in [6.45, 7) is 1.61. The highest BCUT2D eigenvalue weighted by Gasteiger charge is 2.51. The molecule has 4 saturated carbocycles. The van der Waals surface area contributed by atoms with Gasteiger partial charge in [-0.1, -0.05) is 11.6 Å². The Balaban J connectivity index is 1.25. The third kappa shape index (κ3) is 4.28. The summed E-state index contributed by atoms with van der Waals surface area (Å²) in [5, 5.41) is 3.23. The molecule has 1 amide bonds. The molecule has 0 aliphatic heterocycles. The van der Waals surface area contributed by atoms with Gasteiger partial charge in [0.25, 0.3) is 5.91 Å². The molecule has 5 rings (SSSR count). The molecule has 1 aromatic heterocycles. The van der Waals surface area contributed by atoms with Crippen LogP contribution in [0.4, 0.5) is 0 Å². The Morgan fingerprint density at radius 1 is 1.14 bits per heavy atom. The predicted octanol–water partition coefficient (Wildman–Crippen LogP) is 4.38. The molecule has 152 valence electrons. The summed E-state index contributed by atoms with van der Waals surface area (Å²) in [6.07, 6.45) is 6.28. The van der Waals surface area contributed by atoms with E-state index in [9.17, 15) is 14.4 Å². The molecule has 0 unspecified atom stereocenters. The Morgan fingerprint density at radius 3 is 2.29 bits per heavy atom. The number of hydrogen-bond donors (Lipinski definition) is 1. The van der Waals surface area contributed by atoms with Gasteiger partial charge in [-0.2, -0.15) is 0 Å². The molecular formula is C21H26ClNO4S. The number of carbonyl (C=O) groups excluding carboxylic acids is 3. The van der Waals surface area contributed by atoms with Crippen molar-refractivity contribution in [1.29, 1.82) is 0 Å². The minimum atomic E-state index is -0.841. The maximum absolute atomic E-state index is 12.7. The van der Waals surface area contributed by atoms with E-state index in [1.54, 1.807) is 19.1 Å². The number of thiophene rings is 1. The van der Waals surface area contributed by atoms with Crippen LogP contribution in [0, 0.1) is 17.8 Å². The van der Waals surface area contributed by atoms with E-state index < -0.39 is 12.1 Å². The van der Waals surface area contributed by atoms with Crippen LogP contribution in [-0.2, 0) is 14.3 Å². The van der Waals surface area contributed by atoms with Gasteiger partial charge in [0, 0.05) is 12.0 Å². The van der Waals surface area contributed by atoms with Gasteiger partial charge in [-0.05, 0) is 75.3 Å². The summed E-state index contributed by atoms with van der Waals surface area (Å²) in [5.41, 5.74) is -0.0963. The highest BCUT2D eigenvalue weighted by Crippen LogP contribution is 2.55. The molecule has 7 heteroatoms. The summed E-state index contributed by atoms with van der Waals surface area (Å²) in [4.78, 5) is 37.3. The first-order valence-corrected chi connectivity index (χ1v) is 11.3. The summed E-state index contributed by atoms with van der Waals surface area (Å²) < 4.78 is 5.83. The summed E-state index contributed by atoms with van der Waals surface area (Å²) in [7, 11) is 0. The van der Waals surface area contributed by atoms with E-state index in [0.29, 0.717) is 9.21 Å². The van der Waals surface area contributed by atoms with Gasteiger partial charge in [-0.15, -0.1) is 11.3 Å². The Morgan fingerprint density at radius 2 is 1.75 bits per heavy atom. The lowest BCUT2D eigenvalue weighted by molar-refractivity contribution is -0.156. The van der Waals surface area contributed by atoms with Crippen LogP contribution in [0.1, 0.15) is 68.0 Å². The van der Waals surface area contributed by atoms with Gasteiger partial charge < -0.3 is 10.1 Å². The number of Topliss-reactive ketones (excluding diaryl/α,β-unsaturated/α-hetero) is 1. The van der Waals surface area contributed by atoms with E-state index in [1.807, 2.05) is 0 Å². The van der Waals surface area contributed by atoms with E-state index in [1.165, 1.54) is 30.6 Å². The lowest BCUT2D eigenvalue weighted by Crippen LogP contribution is -2.61. The Labute approximate surface area is 174 Å². The fourth-order valence-corrected chi connectivity index (χ4v) is 6.75. The monoisotopic (exact) mass is 423 g/mol. The molecule has 0 radical (unpaired) electrons. The molecule has 1 aromatic rings. The van der Waals surface area contributed by atoms with Crippen LogP contribution in [0.3, 0.4) is 0 Å². The van der Waals surface area contributed by atoms with Crippen molar-refractivity contribution >= 4 is 40.6 Å². The summed E-state index contributed by atoms with van der Waals surface area (Å²) >= 11 is 7.03. The molecule has 5 nitrogen and oxygen atoms in total. The first kappa shape index (κ1) is 19.9. The highest BCUT2D eigenvalue weighted by molar-refractivity contribution is 7.18. The van der Waals surface area contributed by atoms with Crippen molar-refractivity contribution in [2.75, 3.05) is 0 Å². The average Bonchev–Trinajstić information content (AvgIpc) is 3.04. The van der Waals surface area contributed by atoms with Gasteiger partial charge in [-0.25, -0.2) is 0 Å². The van der Waals surface area contributed by atoms with Crippen molar-refractivity contribution in [3.63, 3.8) is 0 Å². The topological polar surface area (TPSA) is 72.5 Å². The van der Waals surface area contributed by atoms with Crippen LogP contribution in [-0.4, -0.2) is 29.3 Å². The average molecular weight is 424 g/mol. The molecule has 4 bridgehead atoms. The molecule has 4 aliphatic rings. The van der Waals surface area contributed by atoms with Crippen molar-refractivity contribution in [2.24, 2.45) is 17.8 Å². The molecule has 4 aliphatic carbocycles. The van der Waals surface area contributed by atoms with Crippen LogP contribution < -0.4 is 5.32 Å². The highest BCUT2D eigenvalue weighted by atomic mass is 35.5. The van der Waals surface area contributed by atoms with E-state index in [0.717, 1.165) is 37.0 Å². The normalized spacial score (nSPS) is 31.4. The molecule has 0 aromatic carbocycles. The van der Waals surface area contributed by atoms with Gasteiger partial charge in [0.15, 0.2) is 11.9 Å². The molecule has 28 heavy (non-hydrogen) atoms. The lowest BCUT2D eigenvalue weighted by atomic mass is 9.53. The van der Waals surface area contributed by atoms with E-state index in [-0.39, 0.29) is 30.1 Å². The molecule has 1 atom stereocenters. The SMILES string of the molecule is C[C@@H](OC(=O)CCC(=O)c1ccc(Cl)s1)C(=O)NC12CC3CC(CC(C3)C1)C2. The van der Waals surface area contributed by atoms with Gasteiger partial charge in [0.05, 0.1) is 15.6 Å². The molecule has 0 saturated heterocycles. The molecule has 1 N–H and O–H groups in total. The number of ether oxygens (including phenoxy) is 1. The second kappa shape index (κ2) is 7.79. The Kier molecular flexibility index (Phi) is 5.53. The number of amides is 1. The van der Waals surface area contributed by atoms with Gasteiger partial charge in [0.1, 0.15) is 0 Å². The predicted molar refractivity (Wildman–Crippen MR) is 107 cm³/mol. The minimum Gasteiger partial charge on any atom is -0.453 e. The van der Waals surface area contributed by atoms with Gasteiger partial charge >= 0.3 is 5.97 Å². The van der Waals surface area contributed by atoms with Crippen molar-refractivity contribution in [3.05, 3.63) is 21.3 Å². The number of nitrogens with one attached hydrogen (secondary N) is 1. The van der Waals surface area contributed by atoms with Crippen LogP contribution in [0.5, 0.6) is 0 Å². The van der Waals surface area contributed by atoms with Gasteiger partial charge in [-0.3, -0.25) is 14.4 Å². The maximum Gasteiger partial charge on any atom is 0.307 e. The third-order valence-electron chi connectivity index (χ3n) is 6.51. The van der Waals surface area contributed by atoms with Crippen molar-refractivity contribution in [2.45, 2.75) is 69.9 Å². The van der Waals surface area contributed by atoms with Crippen LogP contribution in [0.15, 0.2) is 12.1 Å². The smallest absolute Gasteiger partial charge is 0.307 e. The number of carbonyl (C=O) groups is 3. The fraction of sp³-hybridized carbons (Fsp3) is 0.667. The molecule has 0 spiro atoms. The van der Waals surface area contributed by atoms with E-state index in [4.69, 9.17) is 16.3 Å². The van der Waals surface area contributed by atoms with Crippen molar-refractivity contribution < 1.29 is 19.1 Å². The molecule has 1 heterocycles. The summed E-state index contributed by atoms with van der Waals surface area (Å²) in [5.74, 6) is 1.33. The summed E-state index contributed by atoms with van der Waals surface area (Å²) in [6, 6.07) is 3.32. The Hall–Kier alpha value is -1.40. The second-order valence-electron chi connectivity index (χ2n) is 8.85. The maximum atomic E-state index is 12.7. The standard InChI is InChI=1S/C21H26ClNO4S/c1-12(27-19(25)5-2-16(24)17-3-4-18(22)28-17)20(26)23-21-9-13-6-14(10-21)8-15(7-13)11-21/h3-4,12-15H,2,5-11H2,1H3,(H,23,26)/t12-,13?,14?,15?,21?/m1/s1. The first-order valence-electron chi connectivity index (χ1n) is 10.1. The number of ketones is 1. The van der Waals surface area contributed by atoms with E-state index >= 15 is 0 Å². The molecule has 4 fully saturated rings. The lowest BCUT2D eigenvalue weighted by Gasteiger charge is -2.57. The van der Waals surface area contributed by atoms with Crippen LogP contribution in [0.25, 0.3) is 0 Å². The zero-order chi connectivity index (χ0) is 19.9. The fourth-order valence-electron chi connectivity index (χ4n) is 5.74. The Bertz CT molecular complexity index is 754. The zero-order valence-electron chi connectivity index (χ0n) is 16.0. The number of hydrogen-bond acceptors (Lipinski definition) is 5. The molecular weight excluding hydrogens is 398 g/mol. The first-order chi connectivity index (χ1) is 13.3. The quantitative estimate of drug-likeness (QED) is 0.521. The number of halogens is 1. The van der Waals surface area contributed by atoms with Crippen LogP contribution >= 0.6 is 22.9 Å². The largest absolute Gasteiger partial charge is 0.453 e. The van der Waals surface area contributed by atoms with Crippen molar-refractivity contribution in [1.82, 2.24) is 5.32 Å². The zero-order valence-corrected chi connectivity index (χ0v) is 17.6. The minimum absolute atomic E-state index is 0.0384. The third-order valence-corrected chi connectivity index (χ3v) is 7.78. The number of rotatable bonds is 7. The van der Waals surface area contributed by atoms with Gasteiger partial charge in [0.2, 0.25) is 0 Å². The van der Waals surface area contributed by atoms with Crippen LogP contribution in [0.2, 0.25) is 4.34 Å². The van der Waals surface area contributed by atoms with Crippen molar-refractivity contribution in [3.8, 4) is 0 Å². The number of esters is 1.